The summed E-state index contributed by atoms with van der Waals surface area (Å²) in [4.78, 5) is 12.4. The van der Waals surface area contributed by atoms with E-state index >= 15 is 0 Å². The number of ether oxygens (including phenoxy) is 2. The number of carbonyl (C=O) groups is 1. The maximum absolute atomic E-state index is 12.5. The van der Waals surface area contributed by atoms with Gasteiger partial charge in [-0.1, -0.05) is 5.16 Å². The molecule has 2 atom stereocenters. The van der Waals surface area contributed by atoms with Gasteiger partial charge in [0.15, 0.2) is 11.5 Å². The number of nitrogens with zero attached hydrogens (tertiary/aromatic N) is 1. The van der Waals surface area contributed by atoms with Gasteiger partial charge in [-0.3, -0.25) is 9.00 Å². The van der Waals surface area contributed by atoms with Crippen molar-refractivity contribution in [3.8, 4) is 11.5 Å². The molecule has 1 amide bonds. The molecule has 0 saturated heterocycles. The number of carbonyl (C=O) groups excluding carboxylic acids is 1. The molecule has 0 bridgehead atoms. The Hall–Kier alpha value is -2.35. The number of aromatic nitrogens is 1. The quantitative estimate of drug-likeness (QED) is 0.876. The summed E-state index contributed by atoms with van der Waals surface area (Å²) < 4.78 is 28.5. The molecule has 2 heterocycles. The van der Waals surface area contributed by atoms with Crippen LogP contribution in [0.2, 0.25) is 0 Å². The molecule has 0 fully saturated rings. The highest BCUT2D eigenvalue weighted by Crippen LogP contribution is 2.32. The largest absolute Gasteiger partial charge is 0.486 e. The van der Waals surface area contributed by atoms with Gasteiger partial charge < -0.3 is 19.3 Å². The Labute approximate surface area is 148 Å². The summed E-state index contributed by atoms with van der Waals surface area (Å²) >= 11 is 0. The number of hydrogen-bond donors (Lipinski definition) is 1. The maximum atomic E-state index is 12.5. The topological polar surface area (TPSA) is 90.7 Å². The second kappa shape index (κ2) is 7.26. The molecular weight excluding hydrogens is 344 g/mol. The summed E-state index contributed by atoms with van der Waals surface area (Å²) in [5, 5.41) is 5.94. The molecule has 0 unspecified atom stereocenters. The fourth-order valence-corrected chi connectivity index (χ4v) is 3.70. The van der Waals surface area contributed by atoms with Crippen LogP contribution in [0.1, 0.15) is 23.9 Å². The minimum Gasteiger partial charge on any atom is -0.486 e. The van der Waals surface area contributed by atoms with E-state index in [-0.39, 0.29) is 11.7 Å². The van der Waals surface area contributed by atoms with E-state index in [2.05, 4.69) is 10.5 Å². The summed E-state index contributed by atoms with van der Waals surface area (Å²) in [5.74, 6) is 1.79. The van der Waals surface area contributed by atoms with Crippen molar-refractivity contribution in [2.75, 3.05) is 18.5 Å². The predicted octanol–water partition coefficient (Wildman–Crippen LogP) is 2.34. The normalized spacial score (nSPS) is 15.5. The van der Waals surface area contributed by atoms with Gasteiger partial charge in [0.25, 0.3) is 0 Å². The Bertz CT molecular complexity index is 798. The molecule has 0 spiro atoms. The lowest BCUT2D eigenvalue weighted by molar-refractivity contribution is -0.115. The molecule has 0 radical (unpaired) electrons. The molecule has 134 valence electrons. The fraction of sp³-hybridized carbons (Fsp3) is 0.412. The van der Waals surface area contributed by atoms with Gasteiger partial charge in [-0.15, -0.1) is 0 Å². The Balaban J connectivity index is 1.65. The number of aryl methyl sites for hydroxylation is 2. The van der Waals surface area contributed by atoms with E-state index in [4.69, 9.17) is 14.0 Å². The zero-order chi connectivity index (χ0) is 18.0. The van der Waals surface area contributed by atoms with Crippen LogP contribution in [-0.2, 0) is 21.3 Å². The first kappa shape index (κ1) is 17.5. The van der Waals surface area contributed by atoms with E-state index in [0.29, 0.717) is 41.9 Å². The van der Waals surface area contributed by atoms with Crippen molar-refractivity contribution < 1.29 is 23.0 Å². The second-order valence-corrected chi connectivity index (χ2v) is 7.57. The van der Waals surface area contributed by atoms with Crippen molar-refractivity contribution in [1.82, 2.24) is 5.16 Å². The molecule has 25 heavy (non-hydrogen) atoms. The zero-order valence-electron chi connectivity index (χ0n) is 14.3. The van der Waals surface area contributed by atoms with Gasteiger partial charge in [0.05, 0.1) is 11.4 Å². The summed E-state index contributed by atoms with van der Waals surface area (Å²) in [6, 6.07) is 5.18. The molecule has 1 N–H and O–H groups in total. The maximum Gasteiger partial charge on any atom is 0.239 e. The van der Waals surface area contributed by atoms with Crippen molar-refractivity contribution in [1.29, 1.82) is 0 Å². The summed E-state index contributed by atoms with van der Waals surface area (Å²) in [6.07, 6.45) is 0. The van der Waals surface area contributed by atoms with Crippen molar-refractivity contribution in [3.05, 3.63) is 35.2 Å². The van der Waals surface area contributed by atoms with Crippen LogP contribution in [0.25, 0.3) is 0 Å². The Morgan fingerprint density at radius 2 is 2.00 bits per heavy atom. The lowest BCUT2D eigenvalue weighted by Crippen LogP contribution is -2.30. The van der Waals surface area contributed by atoms with Gasteiger partial charge in [0, 0.05) is 28.1 Å². The second-order valence-electron chi connectivity index (χ2n) is 5.82. The number of benzene rings is 1. The first-order chi connectivity index (χ1) is 12.0. The first-order valence-corrected chi connectivity index (χ1v) is 9.33. The number of hydrogen-bond acceptors (Lipinski definition) is 6. The van der Waals surface area contributed by atoms with Crippen LogP contribution in [0.3, 0.4) is 0 Å². The van der Waals surface area contributed by atoms with Gasteiger partial charge in [-0.05, 0) is 32.9 Å². The Morgan fingerprint density at radius 3 is 2.68 bits per heavy atom. The number of nitrogens with one attached hydrogen (secondary N) is 1. The van der Waals surface area contributed by atoms with Gasteiger partial charge in [-0.2, -0.15) is 0 Å². The van der Waals surface area contributed by atoms with Crippen LogP contribution < -0.4 is 14.8 Å². The van der Waals surface area contributed by atoms with E-state index in [9.17, 15) is 9.00 Å². The average Bonchev–Trinajstić information content (AvgIpc) is 2.92. The van der Waals surface area contributed by atoms with Gasteiger partial charge in [0.2, 0.25) is 5.91 Å². The third-order valence-corrected chi connectivity index (χ3v) is 5.62. The fourth-order valence-electron chi connectivity index (χ4n) is 2.46. The lowest BCUT2D eigenvalue weighted by atomic mass is 10.2. The van der Waals surface area contributed by atoms with Crippen LogP contribution in [0.5, 0.6) is 11.5 Å². The molecule has 2 aromatic rings. The number of rotatable bonds is 5. The molecular formula is C17H20N2O5S. The van der Waals surface area contributed by atoms with E-state index in [0.717, 1.165) is 5.56 Å². The number of anilines is 1. The zero-order valence-corrected chi connectivity index (χ0v) is 15.1. The number of fused-ring (bicyclic) bond motifs is 1. The van der Waals surface area contributed by atoms with E-state index in [1.165, 1.54) is 0 Å². The minimum absolute atomic E-state index is 0.233. The summed E-state index contributed by atoms with van der Waals surface area (Å²) in [6.45, 7) is 6.19. The summed E-state index contributed by atoms with van der Waals surface area (Å²) in [7, 11) is -1.39. The molecule has 8 heteroatoms. The highest BCUT2D eigenvalue weighted by molar-refractivity contribution is 7.85. The van der Waals surface area contributed by atoms with Crippen molar-refractivity contribution in [2.24, 2.45) is 0 Å². The third kappa shape index (κ3) is 3.84. The van der Waals surface area contributed by atoms with Gasteiger partial charge in [-0.25, -0.2) is 0 Å². The molecule has 1 aliphatic heterocycles. The highest BCUT2D eigenvalue weighted by Gasteiger charge is 2.23. The molecule has 1 aromatic heterocycles. The molecule has 1 aliphatic rings. The van der Waals surface area contributed by atoms with Gasteiger partial charge >= 0.3 is 0 Å². The predicted molar refractivity (Wildman–Crippen MR) is 93.3 cm³/mol. The standard InChI is InChI=1S/C17H20N2O5S/c1-10-14(11(2)24-19-10)9-25(21)12(3)17(20)18-13-4-5-15-16(8-13)23-7-6-22-15/h4-5,8,12H,6-7,9H2,1-3H3,(H,18,20)/t12-,25-/m1/s1. The molecule has 1 aromatic carbocycles. The molecule has 0 saturated carbocycles. The van der Waals surface area contributed by atoms with Crippen LogP contribution >= 0.6 is 0 Å². The molecule has 3 rings (SSSR count). The minimum atomic E-state index is -1.39. The van der Waals surface area contributed by atoms with Crippen LogP contribution in [0, 0.1) is 13.8 Å². The highest BCUT2D eigenvalue weighted by atomic mass is 32.2. The van der Waals surface area contributed by atoms with Crippen molar-refractivity contribution >= 4 is 22.4 Å². The van der Waals surface area contributed by atoms with Crippen molar-refractivity contribution in [2.45, 2.75) is 31.8 Å². The molecule has 7 nitrogen and oxygen atoms in total. The Kier molecular flexibility index (Phi) is 5.08. The Morgan fingerprint density at radius 1 is 1.28 bits per heavy atom. The molecule has 0 aliphatic carbocycles. The van der Waals surface area contributed by atoms with Crippen LogP contribution in [0.4, 0.5) is 5.69 Å². The number of amides is 1. The van der Waals surface area contributed by atoms with Crippen LogP contribution in [-0.4, -0.2) is 33.7 Å². The van der Waals surface area contributed by atoms with Gasteiger partial charge in [0.1, 0.15) is 24.2 Å². The van der Waals surface area contributed by atoms with Crippen molar-refractivity contribution in [3.63, 3.8) is 0 Å². The van der Waals surface area contributed by atoms with Crippen LogP contribution in [0.15, 0.2) is 22.7 Å². The summed E-state index contributed by atoms with van der Waals surface area (Å²) in [5.41, 5.74) is 2.07. The smallest absolute Gasteiger partial charge is 0.239 e. The average molecular weight is 364 g/mol. The van der Waals surface area contributed by atoms with E-state index < -0.39 is 16.0 Å². The first-order valence-electron chi connectivity index (χ1n) is 7.95. The third-order valence-electron chi connectivity index (χ3n) is 4.04. The lowest BCUT2D eigenvalue weighted by Gasteiger charge is -2.19. The van der Waals surface area contributed by atoms with E-state index in [1.807, 2.05) is 0 Å². The SMILES string of the molecule is Cc1noc(C)c1C[S@@](=O)[C@H](C)C(=O)Nc1ccc2c(c1)OCCO2. The monoisotopic (exact) mass is 364 g/mol. The van der Waals surface area contributed by atoms with E-state index in [1.54, 1.807) is 39.0 Å².